The molecule has 21 heavy (non-hydrogen) atoms. The number of hydrogen-bond acceptors (Lipinski definition) is 6. The van der Waals surface area contributed by atoms with Crippen LogP contribution in [0, 0.1) is 17.0 Å². The minimum Gasteiger partial charge on any atom is -0.466 e. The van der Waals surface area contributed by atoms with Gasteiger partial charge in [-0.15, -0.1) is 0 Å². The Morgan fingerprint density at radius 1 is 1.19 bits per heavy atom. The van der Waals surface area contributed by atoms with E-state index in [1.54, 1.807) is 26.0 Å². The number of carbonyl (C=O) groups is 2. The first-order valence-electron chi connectivity index (χ1n) is 6.49. The maximum Gasteiger partial charge on any atom is 0.306 e. The second kappa shape index (κ2) is 7.98. The second-order valence-electron chi connectivity index (χ2n) is 4.34. The molecule has 1 aromatic carbocycles. The number of rotatable bonds is 7. The molecule has 0 aliphatic heterocycles. The van der Waals surface area contributed by atoms with Gasteiger partial charge in [0.1, 0.15) is 6.61 Å². The molecule has 7 nitrogen and oxygen atoms in total. The first kappa shape index (κ1) is 16.6. The Bertz CT molecular complexity index is 540. The molecule has 0 saturated heterocycles. The molecular formula is C14H17NO6. The van der Waals surface area contributed by atoms with Crippen LogP contribution in [-0.2, 0) is 25.7 Å². The third kappa shape index (κ3) is 5.60. The van der Waals surface area contributed by atoms with Crippen LogP contribution in [0.5, 0.6) is 0 Å². The number of aryl methyl sites for hydroxylation is 1. The van der Waals surface area contributed by atoms with Crippen LogP contribution in [0.2, 0.25) is 0 Å². The van der Waals surface area contributed by atoms with Crippen molar-refractivity contribution in [2.75, 3.05) is 6.61 Å². The van der Waals surface area contributed by atoms with Crippen molar-refractivity contribution in [1.29, 1.82) is 0 Å². The molecule has 0 radical (unpaired) electrons. The number of ether oxygens (including phenoxy) is 2. The fourth-order valence-corrected chi connectivity index (χ4v) is 1.61. The molecule has 1 rings (SSSR count). The number of benzene rings is 1. The first-order valence-corrected chi connectivity index (χ1v) is 6.49. The molecule has 0 heterocycles. The topological polar surface area (TPSA) is 95.7 Å². The summed E-state index contributed by atoms with van der Waals surface area (Å²) in [5.41, 5.74) is 1.05. The molecule has 0 unspecified atom stereocenters. The quantitative estimate of drug-likeness (QED) is 0.435. The van der Waals surface area contributed by atoms with Crippen molar-refractivity contribution < 1.29 is 24.0 Å². The lowest BCUT2D eigenvalue weighted by Gasteiger charge is -2.06. The summed E-state index contributed by atoms with van der Waals surface area (Å²) in [4.78, 5) is 32.8. The lowest BCUT2D eigenvalue weighted by molar-refractivity contribution is -0.385. The summed E-state index contributed by atoms with van der Waals surface area (Å²) in [5, 5.41) is 10.8. The van der Waals surface area contributed by atoms with Gasteiger partial charge in [-0.1, -0.05) is 12.1 Å². The monoisotopic (exact) mass is 295 g/mol. The minimum atomic E-state index is -0.550. The molecule has 0 N–H and O–H groups in total. The Kier molecular flexibility index (Phi) is 6.32. The lowest BCUT2D eigenvalue weighted by Crippen LogP contribution is -2.10. The van der Waals surface area contributed by atoms with Gasteiger partial charge in [0.15, 0.2) is 0 Å². The smallest absolute Gasteiger partial charge is 0.306 e. The van der Waals surface area contributed by atoms with Gasteiger partial charge in [0.2, 0.25) is 0 Å². The van der Waals surface area contributed by atoms with Gasteiger partial charge >= 0.3 is 11.9 Å². The van der Waals surface area contributed by atoms with Crippen molar-refractivity contribution in [3.8, 4) is 0 Å². The number of nitro groups is 1. The van der Waals surface area contributed by atoms with Crippen LogP contribution < -0.4 is 0 Å². The Labute approximate surface area is 122 Å². The molecule has 0 bridgehead atoms. The highest BCUT2D eigenvalue weighted by molar-refractivity contribution is 5.77. The van der Waals surface area contributed by atoms with Crippen molar-refractivity contribution in [2.24, 2.45) is 0 Å². The van der Waals surface area contributed by atoms with E-state index in [0.29, 0.717) is 11.1 Å². The van der Waals surface area contributed by atoms with Gasteiger partial charge in [-0.2, -0.15) is 0 Å². The second-order valence-corrected chi connectivity index (χ2v) is 4.34. The van der Waals surface area contributed by atoms with Gasteiger partial charge in [-0.05, 0) is 19.4 Å². The Morgan fingerprint density at radius 2 is 1.81 bits per heavy atom. The summed E-state index contributed by atoms with van der Waals surface area (Å²) in [6.07, 6.45) is -0.118. The standard InChI is InChI=1S/C14H17NO6/c1-3-20-13(16)6-7-14(17)21-9-11-5-4-10(2)12(8-11)15(18)19/h4-5,8H,3,6-7,9H2,1-2H3. The van der Waals surface area contributed by atoms with Crippen LogP contribution in [0.25, 0.3) is 0 Å². The molecule has 0 spiro atoms. The average Bonchev–Trinajstić information content (AvgIpc) is 2.44. The summed E-state index contributed by atoms with van der Waals surface area (Å²) in [6, 6.07) is 4.62. The van der Waals surface area contributed by atoms with Gasteiger partial charge in [0.05, 0.1) is 24.4 Å². The van der Waals surface area contributed by atoms with Gasteiger partial charge < -0.3 is 9.47 Å². The maximum absolute atomic E-state index is 11.4. The fraction of sp³-hybridized carbons (Fsp3) is 0.429. The maximum atomic E-state index is 11.4. The number of hydrogen-bond donors (Lipinski definition) is 0. The van der Waals surface area contributed by atoms with Crippen LogP contribution in [0.4, 0.5) is 5.69 Å². The van der Waals surface area contributed by atoms with Crippen molar-refractivity contribution in [3.63, 3.8) is 0 Å². The third-order valence-corrected chi connectivity index (χ3v) is 2.71. The Hall–Kier alpha value is -2.44. The normalized spacial score (nSPS) is 10.0. The van der Waals surface area contributed by atoms with Gasteiger partial charge in [-0.25, -0.2) is 0 Å². The van der Waals surface area contributed by atoms with Crippen LogP contribution in [0.1, 0.15) is 30.9 Å². The molecule has 0 aliphatic carbocycles. The SMILES string of the molecule is CCOC(=O)CCC(=O)OCc1ccc(C)c([N+](=O)[O-])c1. The van der Waals surface area contributed by atoms with Crippen molar-refractivity contribution in [1.82, 2.24) is 0 Å². The van der Waals surface area contributed by atoms with E-state index in [1.165, 1.54) is 6.07 Å². The largest absolute Gasteiger partial charge is 0.466 e. The molecule has 0 saturated carbocycles. The van der Waals surface area contributed by atoms with E-state index in [-0.39, 0.29) is 31.7 Å². The fourth-order valence-electron chi connectivity index (χ4n) is 1.61. The van der Waals surface area contributed by atoms with E-state index >= 15 is 0 Å². The number of esters is 2. The highest BCUT2D eigenvalue weighted by atomic mass is 16.6. The van der Waals surface area contributed by atoms with E-state index in [2.05, 4.69) is 4.74 Å². The summed E-state index contributed by atoms with van der Waals surface area (Å²) in [5.74, 6) is -1.01. The van der Waals surface area contributed by atoms with Gasteiger partial charge in [0.25, 0.3) is 5.69 Å². The van der Waals surface area contributed by atoms with Crippen LogP contribution in [0.15, 0.2) is 18.2 Å². The minimum absolute atomic E-state index is 0.0185. The van der Waals surface area contributed by atoms with E-state index < -0.39 is 16.9 Å². The number of carbonyl (C=O) groups excluding carboxylic acids is 2. The highest BCUT2D eigenvalue weighted by Crippen LogP contribution is 2.19. The average molecular weight is 295 g/mol. The molecule has 1 aromatic rings. The summed E-state index contributed by atoms with van der Waals surface area (Å²) in [6.45, 7) is 3.51. The molecule has 0 amide bonds. The molecule has 0 atom stereocenters. The molecule has 0 fully saturated rings. The molecule has 0 aromatic heterocycles. The summed E-state index contributed by atoms with van der Waals surface area (Å²) in [7, 11) is 0. The molecule has 7 heteroatoms. The predicted octanol–water partition coefficient (Wildman–Crippen LogP) is 2.29. The predicted molar refractivity (Wildman–Crippen MR) is 73.5 cm³/mol. The van der Waals surface area contributed by atoms with Crippen LogP contribution in [-0.4, -0.2) is 23.5 Å². The van der Waals surface area contributed by atoms with E-state index in [9.17, 15) is 19.7 Å². The van der Waals surface area contributed by atoms with Crippen molar-refractivity contribution in [3.05, 3.63) is 39.4 Å². The number of nitro benzene ring substituents is 1. The Morgan fingerprint density at radius 3 is 2.38 bits per heavy atom. The number of nitrogens with zero attached hydrogens (tertiary/aromatic N) is 1. The third-order valence-electron chi connectivity index (χ3n) is 2.71. The highest BCUT2D eigenvalue weighted by Gasteiger charge is 2.13. The molecule has 0 aliphatic rings. The Balaban J connectivity index is 2.48. The summed E-state index contributed by atoms with van der Waals surface area (Å²) < 4.78 is 9.65. The molecular weight excluding hydrogens is 278 g/mol. The van der Waals surface area contributed by atoms with Gasteiger partial charge in [0, 0.05) is 11.6 Å². The van der Waals surface area contributed by atoms with Gasteiger partial charge in [-0.3, -0.25) is 19.7 Å². The van der Waals surface area contributed by atoms with Crippen molar-refractivity contribution in [2.45, 2.75) is 33.3 Å². The van der Waals surface area contributed by atoms with E-state index in [1.807, 2.05) is 0 Å². The zero-order valence-electron chi connectivity index (χ0n) is 12.0. The zero-order chi connectivity index (χ0) is 15.8. The van der Waals surface area contributed by atoms with Crippen LogP contribution in [0.3, 0.4) is 0 Å². The lowest BCUT2D eigenvalue weighted by atomic mass is 10.1. The van der Waals surface area contributed by atoms with E-state index in [4.69, 9.17) is 4.74 Å². The van der Waals surface area contributed by atoms with Crippen LogP contribution >= 0.6 is 0 Å². The van der Waals surface area contributed by atoms with Crippen molar-refractivity contribution >= 4 is 17.6 Å². The zero-order valence-corrected chi connectivity index (χ0v) is 12.0. The first-order chi connectivity index (χ1) is 9.93. The molecule has 114 valence electrons. The van der Waals surface area contributed by atoms with E-state index in [0.717, 1.165) is 0 Å². The summed E-state index contributed by atoms with van der Waals surface area (Å²) >= 11 is 0.